The number of unbranched alkanes of at least 4 members (excludes halogenated alkanes) is 6. The van der Waals surface area contributed by atoms with E-state index >= 15 is 0 Å². The molecule has 1 atom stereocenters. The number of likely N-dealkylation sites (tertiary alicyclic amines) is 1. The molecular weight excluding hydrogens is 488 g/mol. The van der Waals surface area contributed by atoms with Gasteiger partial charge in [-0.1, -0.05) is 32.1 Å². The zero-order valence-electron chi connectivity index (χ0n) is 23.7. The van der Waals surface area contributed by atoms with E-state index in [1.807, 2.05) is 13.1 Å². The normalized spacial score (nSPS) is 17.7. The van der Waals surface area contributed by atoms with Gasteiger partial charge in [-0.25, -0.2) is 9.59 Å². The van der Waals surface area contributed by atoms with E-state index in [-0.39, 0.29) is 24.2 Å². The Labute approximate surface area is 227 Å². The van der Waals surface area contributed by atoms with E-state index in [2.05, 4.69) is 4.90 Å². The molecule has 2 aliphatic rings. The number of cyclic esters (lactones) is 1. The molecular formula is C29H46N2O7. The van der Waals surface area contributed by atoms with Crippen LogP contribution in [0.3, 0.4) is 0 Å². The standard InChI is InChI=1S/C29H46N2O7/c1-30(29(33)37-19-18-34-2)22-13-16-31(17-14-22)15-11-9-7-5-6-8-10-12-25-24-20-23(35-3)21-26(36-4)27(24)28(32)38-25/h20-22,25H,5-19H2,1-4H3/t25-/m1/s1. The Hall–Kier alpha value is -2.52. The number of fused-ring (bicyclic) bond motifs is 1. The molecule has 1 amide bonds. The third-order valence-corrected chi connectivity index (χ3v) is 7.71. The molecule has 0 saturated carbocycles. The highest BCUT2D eigenvalue weighted by Gasteiger charge is 2.34. The van der Waals surface area contributed by atoms with Crippen LogP contribution in [0.4, 0.5) is 4.79 Å². The average Bonchev–Trinajstić information content (AvgIpc) is 3.26. The van der Waals surface area contributed by atoms with Crippen molar-refractivity contribution in [1.82, 2.24) is 9.80 Å². The summed E-state index contributed by atoms with van der Waals surface area (Å²) in [4.78, 5) is 28.7. The molecule has 1 fully saturated rings. The summed E-state index contributed by atoms with van der Waals surface area (Å²) in [6.07, 6.45) is 10.7. The second-order valence-electron chi connectivity index (χ2n) is 10.2. The lowest BCUT2D eigenvalue weighted by Gasteiger charge is -2.36. The van der Waals surface area contributed by atoms with Crippen molar-refractivity contribution in [3.63, 3.8) is 0 Å². The van der Waals surface area contributed by atoms with Crippen LogP contribution in [0.1, 0.15) is 86.2 Å². The lowest BCUT2D eigenvalue weighted by Crippen LogP contribution is -2.46. The number of benzene rings is 1. The van der Waals surface area contributed by atoms with Gasteiger partial charge in [-0.3, -0.25) is 0 Å². The summed E-state index contributed by atoms with van der Waals surface area (Å²) in [5, 5.41) is 0. The van der Waals surface area contributed by atoms with Crippen LogP contribution >= 0.6 is 0 Å². The van der Waals surface area contributed by atoms with Gasteiger partial charge in [0.15, 0.2) is 0 Å². The lowest BCUT2D eigenvalue weighted by molar-refractivity contribution is 0.0361. The Morgan fingerprint density at radius 3 is 2.32 bits per heavy atom. The fourth-order valence-electron chi connectivity index (χ4n) is 5.37. The van der Waals surface area contributed by atoms with Crippen molar-refractivity contribution in [3.05, 3.63) is 23.3 Å². The Bertz CT molecular complexity index is 886. The minimum atomic E-state index is -0.304. The SMILES string of the molecule is COCCOC(=O)N(C)C1CCN(CCCCCCCCC[C@H]2OC(=O)c3c(OC)cc(OC)cc32)CC1. The van der Waals surface area contributed by atoms with Gasteiger partial charge < -0.3 is 33.5 Å². The second-order valence-corrected chi connectivity index (χ2v) is 10.2. The zero-order valence-corrected chi connectivity index (χ0v) is 23.7. The van der Waals surface area contributed by atoms with Crippen LogP contribution in [0.15, 0.2) is 12.1 Å². The van der Waals surface area contributed by atoms with Crippen molar-refractivity contribution in [3.8, 4) is 11.5 Å². The molecule has 1 aromatic rings. The summed E-state index contributed by atoms with van der Waals surface area (Å²) in [6, 6.07) is 3.88. The number of hydrogen-bond acceptors (Lipinski definition) is 8. The number of amides is 1. The van der Waals surface area contributed by atoms with E-state index in [1.54, 1.807) is 32.3 Å². The summed E-state index contributed by atoms with van der Waals surface area (Å²) in [5.41, 5.74) is 1.42. The number of ether oxygens (including phenoxy) is 5. The summed E-state index contributed by atoms with van der Waals surface area (Å²) >= 11 is 0. The van der Waals surface area contributed by atoms with E-state index in [1.165, 1.54) is 32.1 Å². The molecule has 0 unspecified atom stereocenters. The number of nitrogens with zero attached hydrogens (tertiary/aromatic N) is 2. The van der Waals surface area contributed by atoms with Crippen molar-refractivity contribution in [2.45, 2.75) is 76.4 Å². The summed E-state index contributed by atoms with van der Waals surface area (Å²) in [7, 11) is 6.61. The van der Waals surface area contributed by atoms with Crippen LogP contribution < -0.4 is 9.47 Å². The van der Waals surface area contributed by atoms with Crippen molar-refractivity contribution < 1.29 is 33.3 Å². The van der Waals surface area contributed by atoms with Crippen LogP contribution in [0.25, 0.3) is 0 Å². The van der Waals surface area contributed by atoms with E-state index < -0.39 is 0 Å². The predicted molar refractivity (Wildman–Crippen MR) is 145 cm³/mol. The van der Waals surface area contributed by atoms with Gasteiger partial charge in [-0.15, -0.1) is 0 Å². The molecule has 0 aliphatic carbocycles. The first-order valence-electron chi connectivity index (χ1n) is 14.1. The van der Waals surface area contributed by atoms with Crippen molar-refractivity contribution in [2.75, 3.05) is 61.2 Å². The molecule has 1 aromatic carbocycles. The molecule has 2 aliphatic heterocycles. The minimum absolute atomic E-state index is 0.216. The maximum atomic E-state index is 12.4. The summed E-state index contributed by atoms with van der Waals surface area (Å²) < 4.78 is 26.5. The maximum absolute atomic E-state index is 12.4. The van der Waals surface area contributed by atoms with Gasteiger partial charge in [0, 0.05) is 44.9 Å². The zero-order chi connectivity index (χ0) is 27.3. The van der Waals surface area contributed by atoms with Crippen molar-refractivity contribution >= 4 is 12.1 Å². The first-order chi connectivity index (χ1) is 18.5. The highest BCUT2D eigenvalue weighted by Crippen LogP contribution is 2.41. The Morgan fingerprint density at radius 1 is 0.974 bits per heavy atom. The monoisotopic (exact) mass is 534 g/mol. The molecule has 9 heteroatoms. The number of hydrogen-bond donors (Lipinski definition) is 0. The smallest absolute Gasteiger partial charge is 0.409 e. The van der Waals surface area contributed by atoms with Gasteiger partial charge in [0.05, 0.1) is 20.8 Å². The lowest BCUT2D eigenvalue weighted by atomic mass is 9.98. The molecule has 0 aromatic heterocycles. The van der Waals surface area contributed by atoms with Crippen LogP contribution in [0.2, 0.25) is 0 Å². The van der Waals surface area contributed by atoms with E-state index in [0.717, 1.165) is 57.3 Å². The van der Waals surface area contributed by atoms with Crippen LogP contribution in [0, 0.1) is 0 Å². The first-order valence-corrected chi connectivity index (χ1v) is 14.1. The number of rotatable bonds is 16. The highest BCUT2D eigenvalue weighted by molar-refractivity contribution is 5.97. The van der Waals surface area contributed by atoms with E-state index in [9.17, 15) is 9.59 Å². The maximum Gasteiger partial charge on any atom is 0.409 e. The molecule has 2 heterocycles. The van der Waals surface area contributed by atoms with E-state index in [0.29, 0.717) is 30.3 Å². The minimum Gasteiger partial charge on any atom is -0.497 e. The fourth-order valence-corrected chi connectivity index (χ4v) is 5.37. The summed E-state index contributed by atoms with van der Waals surface area (Å²) in [5.74, 6) is 0.891. The quantitative estimate of drug-likeness (QED) is 0.211. The molecule has 1 saturated heterocycles. The summed E-state index contributed by atoms with van der Waals surface area (Å²) in [6.45, 7) is 3.93. The van der Waals surface area contributed by atoms with Crippen molar-refractivity contribution in [2.24, 2.45) is 0 Å². The number of piperidine rings is 1. The van der Waals surface area contributed by atoms with Crippen molar-refractivity contribution in [1.29, 1.82) is 0 Å². The Kier molecular flexibility index (Phi) is 12.5. The number of esters is 1. The molecule has 0 bridgehead atoms. The predicted octanol–water partition coefficient (Wildman–Crippen LogP) is 5.22. The van der Waals surface area contributed by atoms with Gasteiger partial charge in [-0.2, -0.15) is 0 Å². The third-order valence-electron chi connectivity index (χ3n) is 7.71. The van der Waals surface area contributed by atoms with Gasteiger partial charge in [0.1, 0.15) is 29.8 Å². The number of methoxy groups -OCH3 is 3. The van der Waals surface area contributed by atoms with Gasteiger partial charge >= 0.3 is 12.1 Å². The molecule has 3 rings (SSSR count). The Balaban J connectivity index is 1.22. The number of carbonyl (C=O) groups excluding carboxylic acids is 2. The fraction of sp³-hybridized carbons (Fsp3) is 0.724. The second kappa shape index (κ2) is 15.8. The van der Waals surface area contributed by atoms with Crippen LogP contribution in [0.5, 0.6) is 11.5 Å². The highest BCUT2D eigenvalue weighted by atomic mass is 16.6. The first kappa shape index (κ1) is 30.0. The largest absolute Gasteiger partial charge is 0.497 e. The van der Waals surface area contributed by atoms with Gasteiger partial charge in [-0.05, 0) is 44.7 Å². The molecule has 214 valence electrons. The van der Waals surface area contributed by atoms with Gasteiger partial charge in [0.2, 0.25) is 0 Å². The van der Waals surface area contributed by atoms with Crippen LogP contribution in [-0.4, -0.2) is 89.1 Å². The molecule has 0 radical (unpaired) electrons. The van der Waals surface area contributed by atoms with E-state index in [4.69, 9.17) is 23.7 Å². The average molecular weight is 535 g/mol. The Morgan fingerprint density at radius 2 is 1.66 bits per heavy atom. The topological polar surface area (TPSA) is 86.8 Å². The molecule has 38 heavy (non-hydrogen) atoms. The third kappa shape index (κ3) is 8.50. The number of carbonyl (C=O) groups is 2. The molecule has 0 spiro atoms. The molecule has 9 nitrogen and oxygen atoms in total. The van der Waals surface area contributed by atoms with Gasteiger partial charge in [0.25, 0.3) is 0 Å². The molecule has 0 N–H and O–H groups in total. The van der Waals surface area contributed by atoms with Crippen LogP contribution in [-0.2, 0) is 14.2 Å².